The number of amides is 1. The fourth-order valence-electron chi connectivity index (χ4n) is 2.92. The zero-order chi connectivity index (χ0) is 17.2. The Kier molecular flexibility index (Phi) is 4.19. The Morgan fingerprint density at radius 2 is 1.88 bits per heavy atom. The van der Waals surface area contributed by atoms with Crippen molar-refractivity contribution in [1.82, 2.24) is 9.97 Å². The van der Waals surface area contributed by atoms with Crippen molar-refractivity contribution in [3.63, 3.8) is 0 Å². The molecule has 4 rings (SSSR count). The van der Waals surface area contributed by atoms with E-state index in [1.165, 1.54) is 11.9 Å². The lowest BCUT2D eigenvalue weighted by Gasteiger charge is -2.18. The third-order valence-corrected chi connectivity index (χ3v) is 4.68. The predicted molar refractivity (Wildman–Crippen MR) is 101 cm³/mol. The Bertz CT molecular complexity index is 927. The van der Waals surface area contributed by atoms with E-state index in [1.807, 2.05) is 36.4 Å². The van der Waals surface area contributed by atoms with Crippen LogP contribution in [0.3, 0.4) is 0 Å². The SMILES string of the molecule is O=C(Nc1ccc(Br)cc1)c1cc(N2CCc3ccccc32)ncn1. The van der Waals surface area contributed by atoms with Gasteiger partial charge in [-0.15, -0.1) is 0 Å². The Morgan fingerprint density at radius 3 is 2.72 bits per heavy atom. The van der Waals surface area contributed by atoms with E-state index in [-0.39, 0.29) is 5.91 Å². The molecule has 1 aromatic heterocycles. The number of fused-ring (bicyclic) bond motifs is 1. The van der Waals surface area contributed by atoms with Crippen LogP contribution in [0.25, 0.3) is 0 Å². The summed E-state index contributed by atoms with van der Waals surface area (Å²) in [4.78, 5) is 23.1. The molecular formula is C19H15BrN4O. The standard InChI is InChI=1S/C19H15BrN4O/c20-14-5-7-15(8-6-14)23-19(25)16-11-18(22-12-21-16)24-10-9-13-3-1-2-4-17(13)24/h1-8,11-12H,9-10H2,(H,23,25). The predicted octanol–water partition coefficient (Wildman–Crippen LogP) is 4.19. The lowest BCUT2D eigenvalue weighted by atomic mass is 10.2. The number of carbonyl (C=O) groups is 1. The highest BCUT2D eigenvalue weighted by Crippen LogP contribution is 2.33. The fourth-order valence-corrected chi connectivity index (χ4v) is 3.19. The van der Waals surface area contributed by atoms with E-state index >= 15 is 0 Å². The molecule has 1 aliphatic heterocycles. The number of hydrogen-bond acceptors (Lipinski definition) is 4. The minimum atomic E-state index is -0.251. The lowest BCUT2D eigenvalue weighted by Crippen LogP contribution is -2.18. The van der Waals surface area contributed by atoms with Crippen molar-refractivity contribution in [1.29, 1.82) is 0 Å². The summed E-state index contributed by atoms with van der Waals surface area (Å²) in [6.07, 6.45) is 2.41. The molecule has 0 radical (unpaired) electrons. The first kappa shape index (κ1) is 15.8. The zero-order valence-corrected chi connectivity index (χ0v) is 14.9. The van der Waals surface area contributed by atoms with Crippen LogP contribution in [0.2, 0.25) is 0 Å². The van der Waals surface area contributed by atoms with Gasteiger partial charge in [-0.3, -0.25) is 4.79 Å². The van der Waals surface area contributed by atoms with Gasteiger partial charge in [0.1, 0.15) is 17.8 Å². The van der Waals surface area contributed by atoms with Gasteiger partial charge in [0, 0.05) is 28.5 Å². The highest BCUT2D eigenvalue weighted by Gasteiger charge is 2.21. The minimum Gasteiger partial charge on any atom is -0.326 e. The summed E-state index contributed by atoms with van der Waals surface area (Å²) in [5.74, 6) is 0.486. The Balaban J connectivity index is 1.57. The summed E-state index contributed by atoms with van der Waals surface area (Å²) < 4.78 is 0.961. The van der Waals surface area contributed by atoms with Gasteiger partial charge in [0.15, 0.2) is 0 Å². The Morgan fingerprint density at radius 1 is 1.08 bits per heavy atom. The number of nitrogens with zero attached hydrogens (tertiary/aromatic N) is 3. The van der Waals surface area contributed by atoms with Gasteiger partial charge >= 0.3 is 0 Å². The second-order valence-corrected chi connectivity index (χ2v) is 6.67. The van der Waals surface area contributed by atoms with Gasteiger partial charge in [-0.05, 0) is 42.3 Å². The van der Waals surface area contributed by atoms with Crippen molar-refractivity contribution in [2.75, 3.05) is 16.8 Å². The molecule has 2 heterocycles. The molecule has 124 valence electrons. The topological polar surface area (TPSA) is 58.1 Å². The average Bonchev–Trinajstić information content (AvgIpc) is 3.08. The number of anilines is 3. The number of hydrogen-bond donors (Lipinski definition) is 1. The molecule has 0 fully saturated rings. The quantitative estimate of drug-likeness (QED) is 0.723. The van der Waals surface area contributed by atoms with Crippen molar-refractivity contribution in [2.45, 2.75) is 6.42 Å². The molecule has 2 aromatic carbocycles. The van der Waals surface area contributed by atoms with Crippen molar-refractivity contribution < 1.29 is 4.79 Å². The van der Waals surface area contributed by atoms with Crippen LogP contribution in [-0.4, -0.2) is 22.4 Å². The molecule has 6 heteroatoms. The van der Waals surface area contributed by atoms with Crippen LogP contribution in [0.5, 0.6) is 0 Å². The van der Waals surface area contributed by atoms with E-state index in [4.69, 9.17) is 0 Å². The van der Waals surface area contributed by atoms with Gasteiger partial charge in [0.2, 0.25) is 0 Å². The van der Waals surface area contributed by atoms with Crippen LogP contribution < -0.4 is 10.2 Å². The van der Waals surface area contributed by atoms with Crippen LogP contribution in [0.4, 0.5) is 17.2 Å². The molecule has 3 aromatic rings. The molecule has 1 aliphatic rings. The number of benzene rings is 2. The highest BCUT2D eigenvalue weighted by atomic mass is 79.9. The van der Waals surface area contributed by atoms with E-state index in [9.17, 15) is 4.79 Å². The molecule has 5 nitrogen and oxygen atoms in total. The molecule has 0 saturated heterocycles. The first-order valence-electron chi connectivity index (χ1n) is 7.95. The molecule has 0 bridgehead atoms. The fraction of sp³-hybridized carbons (Fsp3) is 0.105. The number of para-hydroxylation sites is 1. The summed E-state index contributed by atoms with van der Waals surface area (Å²) in [5.41, 5.74) is 3.50. The smallest absolute Gasteiger partial charge is 0.274 e. The zero-order valence-electron chi connectivity index (χ0n) is 13.3. The van der Waals surface area contributed by atoms with E-state index in [2.05, 4.69) is 48.2 Å². The maximum Gasteiger partial charge on any atom is 0.274 e. The van der Waals surface area contributed by atoms with E-state index in [1.54, 1.807) is 6.07 Å². The number of halogens is 1. The summed E-state index contributed by atoms with van der Waals surface area (Å²) in [5, 5.41) is 2.85. The highest BCUT2D eigenvalue weighted by molar-refractivity contribution is 9.10. The average molecular weight is 395 g/mol. The van der Waals surface area contributed by atoms with Gasteiger partial charge < -0.3 is 10.2 Å². The minimum absolute atomic E-state index is 0.251. The summed E-state index contributed by atoms with van der Waals surface area (Å²) >= 11 is 3.38. The Labute approximate surface area is 153 Å². The molecule has 0 unspecified atom stereocenters. The molecule has 25 heavy (non-hydrogen) atoms. The molecule has 1 N–H and O–H groups in total. The van der Waals surface area contributed by atoms with E-state index in [0.717, 1.165) is 34.6 Å². The maximum atomic E-state index is 12.5. The summed E-state index contributed by atoms with van der Waals surface area (Å²) in [6.45, 7) is 0.851. The Hall–Kier alpha value is -2.73. The second-order valence-electron chi connectivity index (χ2n) is 5.75. The first-order valence-corrected chi connectivity index (χ1v) is 8.74. The first-order chi connectivity index (χ1) is 12.2. The van der Waals surface area contributed by atoms with Crippen LogP contribution in [0.15, 0.2) is 65.4 Å². The van der Waals surface area contributed by atoms with Crippen LogP contribution in [0.1, 0.15) is 16.1 Å². The van der Waals surface area contributed by atoms with Gasteiger partial charge in [-0.25, -0.2) is 9.97 Å². The maximum absolute atomic E-state index is 12.5. The van der Waals surface area contributed by atoms with Crippen LogP contribution in [-0.2, 0) is 6.42 Å². The van der Waals surface area contributed by atoms with E-state index in [0.29, 0.717) is 5.69 Å². The summed E-state index contributed by atoms with van der Waals surface area (Å²) in [7, 11) is 0. The second kappa shape index (κ2) is 6.64. The largest absolute Gasteiger partial charge is 0.326 e. The van der Waals surface area contributed by atoms with Gasteiger partial charge in [-0.2, -0.15) is 0 Å². The molecular weight excluding hydrogens is 380 g/mol. The van der Waals surface area contributed by atoms with Crippen molar-refractivity contribution >= 4 is 39.0 Å². The van der Waals surface area contributed by atoms with Crippen molar-refractivity contribution in [2.24, 2.45) is 0 Å². The summed E-state index contributed by atoms with van der Waals surface area (Å²) in [6, 6.07) is 17.4. The molecule has 0 saturated carbocycles. The molecule has 0 atom stereocenters. The normalized spacial score (nSPS) is 12.8. The molecule has 1 amide bonds. The third kappa shape index (κ3) is 3.25. The number of carbonyl (C=O) groups excluding carboxylic acids is 1. The van der Waals surface area contributed by atoms with E-state index < -0.39 is 0 Å². The number of nitrogens with one attached hydrogen (secondary N) is 1. The van der Waals surface area contributed by atoms with Crippen molar-refractivity contribution in [3.8, 4) is 0 Å². The number of aromatic nitrogens is 2. The van der Waals surface area contributed by atoms with Gasteiger partial charge in [-0.1, -0.05) is 34.1 Å². The van der Waals surface area contributed by atoms with Crippen LogP contribution in [0, 0.1) is 0 Å². The van der Waals surface area contributed by atoms with Gasteiger partial charge in [0.25, 0.3) is 5.91 Å². The number of rotatable bonds is 3. The van der Waals surface area contributed by atoms with Crippen LogP contribution >= 0.6 is 15.9 Å². The monoisotopic (exact) mass is 394 g/mol. The van der Waals surface area contributed by atoms with Crippen molar-refractivity contribution in [3.05, 3.63) is 76.7 Å². The van der Waals surface area contributed by atoms with Gasteiger partial charge in [0.05, 0.1) is 0 Å². The molecule has 0 aliphatic carbocycles. The third-order valence-electron chi connectivity index (χ3n) is 4.15. The lowest BCUT2D eigenvalue weighted by molar-refractivity contribution is 0.102. The molecule has 0 spiro atoms.